The predicted octanol–water partition coefficient (Wildman–Crippen LogP) is 1.89. The Bertz CT molecular complexity index is 336. The van der Waals surface area contributed by atoms with Crippen molar-refractivity contribution in [3.63, 3.8) is 0 Å². The molecule has 0 heterocycles. The maximum atomic E-state index is 12.0. The lowest BCUT2D eigenvalue weighted by Gasteiger charge is -2.40. The first-order chi connectivity index (χ1) is 8.56. The standard InChI is InChI=1S/C13H21NO3S/c1-18-13(5-2-6-13)8-14-11(15)9-3-4-10(7-9)12(16)17/h9-10H,2-8H2,1H3,(H,14,15)(H,16,17). The second kappa shape index (κ2) is 5.51. The topological polar surface area (TPSA) is 66.4 Å². The fraction of sp³-hybridized carbons (Fsp3) is 0.846. The third-order valence-corrected chi connectivity index (χ3v) is 5.85. The van der Waals surface area contributed by atoms with E-state index in [2.05, 4.69) is 11.6 Å². The molecule has 2 N–H and O–H groups in total. The third-order valence-electron chi connectivity index (χ3n) is 4.44. The van der Waals surface area contributed by atoms with Crippen molar-refractivity contribution in [1.29, 1.82) is 0 Å². The highest BCUT2D eigenvalue weighted by Gasteiger charge is 2.38. The lowest BCUT2D eigenvalue weighted by Crippen LogP contribution is -2.46. The lowest BCUT2D eigenvalue weighted by molar-refractivity contribution is -0.141. The van der Waals surface area contributed by atoms with Gasteiger partial charge in [-0.1, -0.05) is 6.42 Å². The Morgan fingerprint density at radius 2 is 2.00 bits per heavy atom. The minimum absolute atomic E-state index is 0.0547. The van der Waals surface area contributed by atoms with Gasteiger partial charge in [-0.2, -0.15) is 11.8 Å². The van der Waals surface area contributed by atoms with E-state index in [4.69, 9.17) is 5.11 Å². The van der Waals surface area contributed by atoms with Gasteiger partial charge in [0.2, 0.25) is 5.91 Å². The Morgan fingerprint density at radius 1 is 1.33 bits per heavy atom. The van der Waals surface area contributed by atoms with Crippen molar-refractivity contribution in [1.82, 2.24) is 5.32 Å². The van der Waals surface area contributed by atoms with Gasteiger partial charge in [0.15, 0.2) is 0 Å². The van der Waals surface area contributed by atoms with Crippen LogP contribution in [0.4, 0.5) is 0 Å². The molecule has 2 unspecified atom stereocenters. The van der Waals surface area contributed by atoms with Gasteiger partial charge in [-0.25, -0.2) is 0 Å². The summed E-state index contributed by atoms with van der Waals surface area (Å²) in [6, 6.07) is 0. The van der Waals surface area contributed by atoms with Crippen molar-refractivity contribution < 1.29 is 14.7 Å². The van der Waals surface area contributed by atoms with Gasteiger partial charge in [-0.3, -0.25) is 9.59 Å². The summed E-state index contributed by atoms with van der Waals surface area (Å²) >= 11 is 1.84. The van der Waals surface area contributed by atoms with E-state index in [0.29, 0.717) is 12.8 Å². The zero-order chi connectivity index (χ0) is 13.2. The van der Waals surface area contributed by atoms with E-state index in [1.807, 2.05) is 11.8 Å². The van der Waals surface area contributed by atoms with E-state index in [-0.39, 0.29) is 22.5 Å². The summed E-state index contributed by atoms with van der Waals surface area (Å²) in [5.74, 6) is -1.12. The summed E-state index contributed by atoms with van der Waals surface area (Å²) in [6.45, 7) is 0.737. The van der Waals surface area contributed by atoms with Crippen LogP contribution in [0.5, 0.6) is 0 Å². The van der Waals surface area contributed by atoms with Crippen LogP contribution >= 0.6 is 11.8 Å². The van der Waals surface area contributed by atoms with Gasteiger partial charge in [-0.05, 0) is 38.4 Å². The van der Waals surface area contributed by atoms with E-state index in [9.17, 15) is 9.59 Å². The molecule has 2 aliphatic carbocycles. The minimum atomic E-state index is -0.759. The molecule has 2 fully saturated rings. The molecule has 0 aliphatic heterocycles. The van der Waals surface area contributed by atoms with Gasteiger partial charge in [0, 0.05) is 17.2 Å². The van der Waals surface area contributed by atoms with Crippen molar-refractivity contribution in [2.75, 3.05) is 12.8 Å². The van der Waals surface area contributed by atoms with Crippen LogP contribution in [0.25, 0.3) is 0 Å². The lowest BCUT2D eigenvalue weighted by atomic mass is 9.84. The van der Waals surface area contributed by atoms with Crippen molar-refractivity contribution in [3.8, 4) is 0 Å². The van der Waals surface area contributed by atoms with Crippen molar-refractivity contribution in [2.24, 2.45) is 11.8 Å². The van der Waals surface area contributed by atoms with Crippen LogP contribution in [0.3, 0.4) is 0 Å². The SMILES string of the molecule is CSC1(CNC(=O)C2CCC(C(=O)O)C2)CCC1. The van der Waals surface area contributed by atoms with Gasteiger partial charge in [0.25, 0.3) is 0 Å². The zero-order valence-electron chi connectivity index (χ0n) is 10.8. The molecule has 0 aromatic rings. The molecule has 0 spiro atoms. The van der Waals surface area contributed by atoms with Crippen LogP contribution in [0.2, 0.25) is 0 Å². The molecule has 2 rings (SSSR count). The van der Waals surface area contributed by atoms with E-state index in [0.717, 1.165) is 13.0 Å². The van der Waals surface area contributed by atoms with E-state index in [1.54, 1.807) is 0 Å². The molecule has 0 aromatic heterocycles. The molecule has 0 aromatic carbocycles. The highest BCUT2D eigenvalue weighted by molar-refractivity contribution is 8.00. The van der Waals surface area contributed by atoms with Gasteiger partial charge in [0.05, 0.1) is 5.92 Å². The summed E-state index contributed by atoms with van der Waals surface area (Å²) in [4.78, 5) is 22.9. The fourth-order valence-electron chi connectivity index (χ4n) is 2.86. The fourth-order valence-corrected chi connectivity index (χ4v) is 3.77. The number of carboxylic acid groups (broad SMARTS) is 1. The molecule has 0 bridgehead atoms. The van der Waals surface area contributed by atoms with E-state index < -0.39 is 5.97 Å². The first-order valence-electron chi connectivity index (χ1n) is 6.62. The molecule has 2 atom stereocenters. The number of hydrogen-bond acceptors (Lipinski definition) is 3. The van der Waals surface area contributed by atoms with Crippen molar-refractivity contribution >= 4 is 23.6 Å². The van der Waals surface area contributed by atoms with E-state index in [1.165, 1.54) is 19.3 Å². The summed E-state index contributed by atoms with van der Waals surface area (Å²) in [5.41, 5.74) is 0. The van der Waals surface area contributed by atoms with Gasteiger partial charge in [0.1, 0.15) is 0 Å². The van der Waals surface area contributed by atoms with Crippen LogP contribution in [-0.2, 0) is 9.59 Å². The van der Waals surface area contributed by atoms with Gasteiger partial charge < -0.3 is 10.4 Å². The monoisotopic (exact) mass is 271 g/mol. The molecule has 0 radical (unpaired) electrons. The van der Waals surface area contributed by atoms with Gasteiger partial charge in [-0.15, -0.1) is 0 Å². The molecule has 102 valence electrons. The van der Waals surface area contributed by atoms with Crippen LogP contribution in [0.15, 0.2) is 0 Å². The predicted molar refractivity (Wildman–Crippen MR) is 71.6 cm³/mol. The number of nitrogens with one attached hydrogen (secondary N) is 1. The normalized spacial score (nSPS) is 29.6. The Morgan fingerprint density at radius 3 is 2.44 bits per heavy atom. The number of thioether (sulfide) groups is 1. The highest BCUT2D eigenvalue weighted by Crippen LogP contribution is 2.42. The number of rotatable bonds is 5. The number of amides is 1. The summed E-state index contributed by atoms with van der Waals surface area (Å²) in [5, 5.41) is 11.9. The Kier molecular flexibility index (Phi) is 4.20. The smallest absolute Gasteiger partial charge is 0.306 e. The maximum Gasteiger partial charge on any atom is 0.306 e. The highest BCUT2D eigenvalue weighted by atomic mass is 32.2. The van der Waals surface area contributed by atoms with Crippen LogP contribution < -0.4 is 5.32 Å². The molecule has 2 aliphatic rings. The average molecular weight is 271 g/mol. The largest absolute Gasteiger partial charge is 0.481 e. The minimum Gasteiger partial charge on any atom is -0.481 e. The molecule has 5 heteroatoms. The van der Waals surface area contributed by atoms with Crippen molar-refractivity contribution in [3.05, 3.63) is 0 Å². The third kappa shape index (κ3) is 2.82. The Labute approximate surface area is 112 Å². The molecule has 1 amide bonds. The quantitative estimate of drug-likeness (QED) is 0.801. The van der Waals surface area contributed by atoms with Crippen LogP contribution in [-0.4, -0.2) is 34.5 Å². The first kappa shape index (κ1) is 13.7. The molecular formula is C13H21NO3S. The Balaban J connectivity index is 1.77. The first-order valence-corrected chi connectivity index (χ1v) is 7.84. The summed E-state index contributed by atoms with van der Waals surface area (Å²) in [6.07, 6.45) is 7.57. The number of carbonyl (C=O) groups excluding carboxylic acids is 1. The van der Waals surface area contributed by atoms with Crippen molar-refractivity contribution in [2.45, 2.75) is 43.3 Å². The van der Waals surface area contributed by atoms with E-state index >= 15 is 0 Å². The Hall–Kier alpha value is -0.710. The second-order valence-corrected chi connectivity index (χ2v) is 6.78. The number of carbonyl (C=O) groups is 2. The maximum absolute atomic E-state index is 12.0. The molecule has 18 heavy (non-hydrogen) atoms. The summed E-state index contributed by atoms with van der Waals surface area (Å²) < 4.78 is 0.250. The zero-order valence-corrected chi connectivity index (χ0v) is 11.6. The molecule has 4 nitrogen and oxygen atoms in total. The molecule has 0 saturated heterocycles. The number of carboxylic acids is 1. The van der Waals surface area contributed by atoms with Crippen LogP contribution in [0, 0.1) is 11.8 Å². The van der Waals surface area contributed by atoms with Crippen LogP contribution in [0.1, 0.15) is 38.5 Å². The number of aliphatic carboxylic acids is 1. The van der Waals surface area contributed by atoms with Gasteiger partial charge >= 0.3 is 5.97 Å². The molecular weight excluding hydrogens is 250 g/mol. The second-order valence-electron chi connectivity index (χ2n) is 5.50. The average Bonchev–Trinajstić information content (AvgIpc) is 2.77. The summed E-state index contributed by atoms with van der Waals surface area (Å²) in [7, 11) is 0. The molecule has 2 saturated carbocycles. The number of hydrogen-bond donors (Lipinski definition) is 2.